The summed E-state index contributed by atoms with van der Waals surface area (Å²) in [5, 5.41) is 8.76. The predicted octanol–water partition coefficient (Wildman–Crippen LogP) is 2.33. The molecule has 0 aliphatic rings. The molecule has 0 bridgehead atoms. The van der Waals surface area contributed by atoms with E-state index in [9.17, 15) is 9.59 Å². The number of nitrogens with zero attached hydrogens (tertiary/aromatic N) is 1. The number of benzene rings is 1. The first-order valence-electron chi connectivity index (χ1n) is 6.28. The molecule has 1 amide bonds. The molecule has 0 heterocycles. The van der Waals surface area contributed by atoms with Crippen molar-refractivity contribution in [2.45, 2.75) is 20.3 Å². The van der Waals surface area contributed by atoms with E-state index in [0.717, 1.165) is 17.5 Å². The van der Waals surface area contributed by atoms with E-state index in [4.69, 9.17) is 5.11 Å². The third-order valence-corrected chi connectivity index (χ3v) is 2.59. The van der Waals surface area contributed by atoms with Gasteiger partial charge < -0.3 is 10.0 Å². The largest absolute Gasteiger partial charge is 0.480 e. The van der Waals surface area contributed by atoms with Crippen molar-refractivity contribution >= 4 is 18.0 Å². The van der Waals surface area contributed by atoms with Gasteiger partial charge in [0, 0.05) is 12.6 Å². The SMILES string of the molecule is CCCN(CC(=O)O)C(=O)/C=C/c1cccc(C)c1. The molecule has 0 radical (unpaired) electrons. The molecular weight excluding hydrogens is 242 g/mol. The molecule has 4 nitrogen and oxygen atoms in total. The molecule has 0 atom stereocenters. The Morgan fingerprint density at radius 1 is 1.37 bits per heavy atom. The van der Waals surface area contributed by atoms with E-state index < -0.39 is 5.97 Å². The van der Waals surface area contributed by atoms with E-state index in [1.165, 1.54) is 11.0 Å². The Morgan fingerprint density at radius 3 is 2.68 bits per heavy atom. The van der Waals surface area contributed by atoms with Crippen LogP contribution in [-0.4, -0.2) is 35.0 Å². The van der Waals surface area contributed by atoms with Gasteiger partial charge in [0.15, 0.2) is 0 Å². The standard InChI is InChI=1S/C15H19NO3/c1-3-9-16(11-15(18)19)14(17)8-7-13-6-4-5-12(2)10-13/h4-8,10H,3,9,11H2,1-2H3,(H,18,19)/b8-7+. The molecular formula is C15H19NO3. The lowest BCUT2D eigenvalue weighted by molar-refractivity contribution is -0.142. The number of rotatable bonds is 6. The molecule has 0 aliphatic carbocycles. The van der Waals surface area contributed by atoms with Crippen LogP contribution in [0.3, 0.4) is 0 Å². The van der Waals surface area contributed by atoms with E-state index in [1.807, 2.05) is 38.1 Å². The molecule has 0 aromatic heterocycles. The minimum absolute atomic E-state index is 0.259. The highest BCUT2D eigenvalue weighted by atomic mass is 16.4. The summed E-state index contributed by atoms with van der Waals surface area (Å²) in [6.07, 6.45) is 3.87. The number of aliphatic carboxylic acids is 1. The van der Waals surface area contributed by atoms with Crippen LogP contribution in [0.1, 0.15) is 24.5 Å². The van der Waals surface area contributed by atoms with Crippen LogP contribution in [0.15, 0.2) is 30.3 Å². The number of aryl methyl sites for hydroxylation is 1. The second kappa shape index (κ2) is 7.36. The van der Waals surface area contributed by atoms with E-state index in [2.05, 4.69) is 0 Å². The Kier molecular flexibility index (Phi) is 5.79. The second-order valence-corrected chi connectivity index (χ2v) is 4.40. The van der Waals surface area contributed by atoms with E-state index >= 15 is 0 Å². The highest BCUT2D eigenvalue weighted by Crippen LogP contribution is 2.06. The van der Waals surface area contributed by atoms with Crippen molar-refractivity contribution < 1.29 is 14.7 Å². The molecule has 0 aliphatic heterocycles. The fourth-order valence-electron chi connectivity index (χ4n) is 1.75. The minimum Gasteiger partial charge on any atom is -0.480 e. The van der Waals surface area contributed by atoms with Gasteiger partial charge in [0.2, 0.25) is 5.91 Å². The molecule has 0 saturated heterocycles. The van der Waals surface area contributed by atoms with Crippen molar-refractivity contribution in [3.05, 3.63) is 41.5 Å². The number of carboxylic acids is 1. The summed E-state index contributed by atoms with van der Waals surface area (Å²) in [6, 6.07) is 7.76. The van der Waals surface area contributed by atoms with E-state index in [-0.39, 0.29) is 12.5 Å². The zero-order valence-corrected chi connectivity index (χ0v) is 11.3. The molecule has 0 spiro atoms. The Bertz CT molecular complexity index is 480. The van der Waals surface area contributed by atoms with Crippen molar-refractivity contribution in [2.24, 2.45) is 0 Å². The van der Waals surface area contributed by atoms with Gasteiger partial charge in [-0.25, -0.2) is 0 Å². The number of hydrogen-bond acceptors (Lipinski definition) is 2. The van der Waals surface area contributed by atoms with Gasteiger partial charge in [-0.2, -0.15) is 0 Å². The first-order chi connectivity index (χ1) is 9.02. The monoisotopic (exact) mass is 261 g/mol. The van der Waals surface area contributed by atoms with Crippen molar-refractivity contribution in [1.82, 2.24) is 4.90 Å². The van der Waals surface area contributed by atoms with Crippen molar-refractivity contribution in [3.63, 3.8) is 0 Å². The lowest BCUT2D eigenvalue weighted by Crippen LogP contribution is -2.35. The van der Waals surface area contributed by atoms with Crippen LogP contribution >= 0.6 is 0 Å². The van der Waals surface area contributed by atoms with Gasteiger partial charge in [-0.15, -0.1) is 0 Å². The van der Waals surface area contributed by atoms with E-state index in [1.54, 1.807) is 6.08 Å². The lowest BCUT2D eigenvalue weighted by Gasteiger charge is -2.17. The highest BCUT2D eigenvalue weighted by molar-refractivity contribution is 5.93. The summed E-state index contributed by atoms with van der Waals surface area (Å²) in [7, 11) is 0. The quantitative estimate of drug-likeness (QED) is 0.800. The summed E-state index contributed by atoms with van der Waals surface area (Å²) in [5.41, 5.74) is 2.05. The zero-order chi connectivity index (χ0) is 14.3. The Hall–Kier alpha value is -2.10. The van der Waals surface area contributed by atoms with Crippen LogP contribution in [0, 0.1) is 6.92 Å². The fourth-order valence-corrected chi connectivity index (χ4v) is 1.75. The number of carbonyl (C=O) groups excluding carboxylic acids is 1. The van der Waals surface area contributed by atoms with Crippen molar-refractivity contribution in [3.8, 4) is 0 Å². The maximum Gasteiger partial charge on any atom is 0.323 e. The fraction of sp³-hybridized carbons (Fsp3) is 0.333. The smallest absolute Gasteiger partial charge is 0.323 e. The van der Waals surface area contributed by atoms with Crippen molar-refractivity contribution in [2.75, 3.05) is 13.1 Å². The lowest BCUT2D eigenvalue weighted by atomic mass is 10.1. The van der Waals surface area contributed by atoms with Crippen LogP contribution in [-0.2, 0) is 9.59 Å². The van der Waals surface area contributed by atoms with Gasteiger partial charge in [0.1, 0.15) is 6.54 Å². The predicted molar refractivity (Wildman–Crippen MR) is 74.7 cm³/mol. The van der Waals surface area contributed by atoms with Gasteiger partial charge in [-0.3, -0.25) is 9.59 Å². The third-order valence-electron chi connectivity index (χ3n) is 2.59. The molecule has 0 saturated carbocycles. The summed E-state index contributed by atoms with van der Waals surface area (Å²) < 4.78 is 0. The molecule has 0 unspecified atom stereocenters. The molecule has 1 rings (SSSR count). The molecule has 0 fully saturated rings. The normalized spacial score (nSPS) is 10.6. The minimum atomic E-state index is -0.995. The second-order valence-electron chi connectivity index (χ2n) is 4.40. The Balaban J connectivity index is 2.72. The van der Waals surface area contributed by atoms with Crippen LogP contribution in [0.2, 0.25) is 0 Å². The molecule has 1 N–H and O–H groups in total. The van der Waals surface area contributed by atoms with Gasteiger partial charge in [-0.1, -0.05) is 36.8 Å². The topological polar surface area (TPSA) is 57.6 Å². The molecule has 4 heteroatoms. The summed E-state index contributed by atoms with van der Waals surface area (Å²) in [5.74, 6) is -1.27. The van der Waals surface area contributed by atoms with Crippen LogP contribution in [0.25, 0.3) is 6.08 Å². The third kappa shape index (κ3) is 5.38. The van der Waals surface area contributed by atoms with Gasteiger partial charge in [0.05, 0.1) is 0 Å². The zero-order valence-electron chi connectivity index (χ0n) is 11.3. The first kappa shape index (κ1) is 15.0. The molecule has 1 aromatic carbocycles. The number of carboxylic acid groups (broad SMARTS) is 1. The maximum absolute atomic E-state index is 11.9. The summed E-state index contributed by atoms with van der Waals surface area (Å²) >= 11 is 0. The average Bonchev–Trinajstić information content (AvgIpc) is 2.35. The maximum atomic E-state index is 11.9. The molecule has 102 valence electrons. The highest BCUT2D eigenvalue weighted by Gasteiger charge is 2.12. The van der Waals surface area contributed by atoms with Gasteiger partial charge in [-0.05, 0) is 25.0 Å². The number of carbonyl (C=O) groups is 2. The van der Waals surface area contributed by atoms with Crippen LogP contribution in [0.4, 0.5) is 0 Å². The molecule has 1 aromatic rings. The summed E-state index contributed by atoms with van der Waals surface area (Å²) in [6.45, 7) is 4.08. The van der Waals surface area contributed by atoms with Crippen molar-refractivity contribution in [1.29, 1.82) is 0 Å². The number of hydrogen-bond donors (Lipinski definition) is 1. The van der Waals surface area contributed by atoms with Crippen LogP contribution < -0.4 is 0 Å². The number of amides is 1. The van der Waals surface area contributed by atoms with Crippen LogP contribution in [0.5, 0.6) is 0 Å². The van der Waals surface area contributed by atoms with Gasteiger partial charge in [0.25, 0.3) is 0 Å². The Labute approximate surface area is 113 Å². The average molecular weight is 261 g/mol. The Morgan fingerprint density at radius 2 is 2.11 bits per heavy atom. The first-order valence-corrected chi connectivity index (χ1v) is 6.28. The molecule has 19 heavy (non-hydrogen) atoms. The summed E-state index contributed by atoms with van der Waals surface area (Å²) in [4.78, 5) is 23.9. The van der Waals surface area contributed by atoms with E-state index in [0.29, 0.717) is 6.54 Å². The van der Waals surface area contributed by atoms with Gasteiger partial charge >= 0.3 is 5.97 Å².